The number of nitrogens with one attached hydrogen (secondary N) is 1. The molecule has 2 rings (SSSR count). The van der Waals surface area contributed by atoms with E-state index in [-0.39, 0.29) is 12.4 Å². The smallest absolute Gasteiger partial charge is 0.0593 e. The van der Waals surface area contributed by atoms with E-state index in [1.807, 2.05) is 0 Å². The van der Waals surface area contributed by atoms with Crippen molar-refractivity contribution in [1.82, 2.24) is 10.2 Å². The van der Waals surface area contributed by atoms with Crippen LogP contribution >= 0.6 is 12.4 Å². The zero-order valence-electron chi connectivity index (χ0n) is 11.0. The Morgan fingerprint density at radius 3 is 2.47 bits per heavy atom. The molecule has 1 N–H and O–H groups in total. The van der Waals surface area contributed by atoms with Crippen LogP contribution in [0.15, 0.2) is 0 Å². The summed E-state index contributed by atoms with van der Waals surface area (Å²) in [4.78, 5) is 2.43. The molecule has 0 atom stereocenters. The fourth-order valence-electron chi connectivity index (χ4n) is 2.35. The van der Waals surface area contributed by atoms with Crippen molar-refractivity contribution in [3.8, 4) is 0 Å². The molecular formula is C13H27ClN2O. The summed E-state index contributed by atoms with van der Waals surface area (Å²) in [6.45, 7) is 6.66. The molecular weight excluding hydrogens is 236 g/mol. The maximum absolute atomic E-state index is 5.66. The van der Waals surface area contributed by atoms with Crippen LogP contribution in [0.3, 0.4) is 0 Å². The summed E-state index contributed by atoms with van der Waals surface area (Å²) in [5.74, 6) is 1.80. The summed E-state index contributed by atoms with van der Waals surface area (Å²) < 4.78 is 5.66. The van der Waals surface area contributed by atoms with Gasteiger partial charge >= 0.3 is 0 Å². The molecule has 0 spiro atoms. The van der Waals surface area contributed by atoms with Gasteiger partial charge in [0.15, 0.2) is 0 Å². The molecule has 1 saturated carbocycles. The minimum absolute atomic E-state index is 0. The van der Waals surface area contributed by atoms with Crippen molar-refractivity contribution >= 4 is 12.4 Å². The first-order valence-corrected chi connectivity index (χ1v) is 6.81. The van der Waals surface area contributed by atoms with E-state index >= 15 is 0 Å². The highest BCUT2D eigenvalue weighted by Crippen LogP contribution is 2.28. The number of piperidine rings is 1. The van der Waals surface area contributed by atoms with Crippen molar-refractivity contribution in [2.75, 3.05) is 46.4 Å². The van der Waals surface area contributed by atoms with E-state index in [9.17, 15) is 0 Å². The molecule has 4 heteroatoms. The molecule has 3 nitrogen and oxygen atoms in total. The molecule has 17 heavy (non-hydrogen) atoms. The highest BCUT2D eigenvalue weighted by atomic mass is 35.5. The van der Waals surface area contributed by atoms with Crippen molar-refractivity contribution < 1.29 is 4.74 Å². The zero-order chi connectivity index (χ0) is 11.2. The average Bonchev–Trinajstić information content (AvgIpc) is 3.10. The van der Waals surface area contributed by atoms with E-state index in [2.05, 4.69) is 17.3 Å². The lowest BCUT2D eigenvalue weighted by molar-refractivity contribution is 0.0971. The normalized spacial score (nSPS) is 21.5. The maximum Gasteiger partial charge on any atom is 0.0593 e. The molecule has 0 radical (unpaired) electrons. The maximum atomic E-state index is 5.66. The quantitative estimate of drug-likeness (QED) is 0.708. The van der Waals surface area contributed by atoms with Gasteiger partial charge in [-0.1, -0.05) is 0 Å². The third-order valence-electron chi connectivity index (χ3n) is 3.70. The van der Waals surface area contributed by atoms with Gasteiger partial charge in [-0.15, -0.1) is 12.4 Å². The summed E-state index contributed by atoms with van der Waals surface area (Å²) >= 11 is 0. The Balaban J connectivity index is 0.00000144. The number of likely N-dealkylation sites (N-methyl/N-ethyl adjacent to an activating group) is 1. The standard InChI is InChI=1S/C13H26N2O.ClH/c1-15(8-9-16-11-13-2-3-13)10-12-4-6-14-7-5-12;/h12-14H,2-11H2,1H3;1H. The van der Waals surface area contributed by atoms with Gasteiger partial charge in [0.05, 0.1) is 6.61 Å². The van der Waals surface area contributed by atoms with Crippen molar-refractivity contribution in [3.05, 3.63) is 0 Å². The van der Waals surface area contributed by atoms with Crippen LogP contribution in [-0.2, 0) is 4.74 Å². The first-order valence-electron chi connectivity index (χ1n) is 6.81. The number of hydrogen-bond donors (Lipinski definition) is 1. The first kappa shape index (κ1) is 15.2. The topological polar surface area (TPSA) is 24.5 Å². The number of rotatable bonds is 7. The SMILES string of the molecule is CN(CCOCC1CC1)CC1CCNCC1.Cl. The van der Waals surface area contributed by atoms with Gasteiger partial charge in [0, 0.05) is 19.7 Å². The monoisotopic (exact) mass is 262 g/mol. The average molecular weight is 263 g/mol. The lowest BCUT2D eigenvalue weighted by atomic mass is 9.98. The van der Waals surface area contributed by atoms with E-state index in [0.717, 1.165) is 31.6 Å². The molecule has 0 unspecified atom stereocenters. The molecule has 1 heterocycles. The predicted octanol–water partition coefficient (Wildman–Crippen LogP) is 1.77. The molecule has 1 aliphatic heterocycles. The van der Waals surface area contributed by atoms with Crippen molar-refractivity contribution in [2.24, 2.45) is 11.8 Å². The van der Waals surface area contributed by atoms with Gasteiger partial charge in [0.2, 0.25) is 0 Å². The van der Waals surface area contributed by atoms with Gasteiger partial charge < -0.3 is 15.0 Å². The molecule has 0 amide bonds. The number of hydrogen-bond acceptors (Lipinski definition) is 3. The Bertz CT molecular complexity index is 194. The molecule has 2 aliphatic rings. The van der Waals surface area contributed by atoms with Gasteiger partial charge in [-0.3, -0.25) is 0 Å². The predicted molar refractivity (Wildman–Crippen MR) is 73.9 cm³/mol. The van der Waals surface area contributed by atoms with Crippen LogP contribution in [-0.4, -0.2) is 51.3 Å². The van der Waals surface area contributed by atoms with Crippen LogP contribution in [0.2, 0.25) is 0 Å². The van der Waals surface area contributed by atoms with Crippen LogP contribution in [0.25, 0.3) is 0 Å². The van der Waals surface area contributed by atoms with Crippen LogP contribution in [0, 0.1) is 11.8 Å². The second kappa shape index (κ2) is 8.30. The fraction of sp³-hybridized carbons (Fsp3) is 1.00. The Kier molecular flexibility index (Phi) is 7.44. The van der Waals surface area contributed by atoms with E-state index in [1.165, 1.54) is 45.3 Å². The third kappa shape index (κ3) is 6.61. The minimum Gasteiger partial charge on any atom is -0.380 e. The summed E-state index contributed by atoms with van der Waals surface area (Å²) in [6, 6.07) is 0. The van der Waals surface area contributed by atoms with Crippen molar-refractivity contribution in [3.63, 3.8) is 0 Å². The Hall–Kier alpha value is 0.170. The molecule has 0 aromatic rings. The summed E-state index contributed by atoms with van der Waals surface area (Å²) in [5, 5.41) is 3.42. The van der Waals surface area contributed by atoms with Crippen molar-refractivity contribution in [2.45, 2.75) is 25.7 Å². The fourth-order valence-corrected chi connectivity index (χ4v) is 2.35. The molecule has 1 saturated heterocycles. The Morgan fingerprint density at radius 1 is 1.12 bits per heavy atom. The molecule has 102 valence electrons. The van der Waals surface area contributed by atoms with Crippen LogP contribution in [0.1, 0.15) is 25.7 Å². The van der Waals surface area contributed by atoms with Crippen LogP contribution in [0.4, 0.5) is 0 Å². The Labute approximate surface area is 112 Å². The lowest BCUT2D eigenvalue weighted by Gasteiger charge is -2.27. The lowest BCUT2D eigenvalue weighted by Crippen LogP contribution is -2.35. The molecule has 0 aromatic heterocycles. The molecule has 0 aromatic carbocycles. The van der Waals surface area contributed by atoms with Gasteiger partial charge in [0.1, 0.15) is 0 Å². The third-order valence-corrected chi connectivity index (χ3v) is 3.70. The van der Waals surface area contributed by atoms with E-state index in [1.54, 1.807) is 0 Å². The molecule has 2 fully saturated rings. The number of halogens is 1. The molecule has 0 bridgehead atoms. The van der Waals surface area contributed by atoms with Gasteiger partial charge in [-0.2, -0.15) is 0 Å². The summed E-state index contributed by atoms with van der Waals surface area (Å²) in [5.41, 5.74) is 0. The Morgan fingerprint density at radius 2 is 1.82 bits per heavy atom. The second-order valence-electron chi connectivity index (χ2n) is 5.47. The second-order valence-corrected chi connectivity index (χ2v) is 5.47. The van der Waals surface area contributed by atoms with Crippen LogP contribution < -0.4 is 5.32 Å². The van der Waals surface area contributed by atoms with E-state index < -0.39 is 0 Å². The van der Waals surface area contributed by atoms with E-state index in [0.29, 0.717) is 0 Å². The van der Waals surface area contributed by atoms with Crippen molar-refractivity contribution in [1.29, 1.82) is 0 Å². The first-order chi connectivity index (χ1) is 7.84. The minimum atomic E-state index is 0. The van der Waals surface area contributed by atoms with Gasteiger partial charge in [0.25, 0.3) is 0 Å². The number of nitrogens with zero attached hydrogens (tertiary/aromatic N) is 1. The van der Waals surface area contributed by atoms with Gasteiger partial charge in [-0.25, -0.2) is 0 Å². The van der Waals surface area contributed by atoms with Crippen LogP contribution in [0.5, 0.6) is 0 Å². The highest BCUT2D eigenvalue weighted by Gasteiger charge is 2.21. The highest BCUT2D eigenvalue weighted by molar-refractivity contribution is 5.85. The molecule has 1 aliphatic carbocycles. The zero-order valence-corrected chi connectivity index (χ0v) is 11.8. The van der Waals surface area contributed by atoms with E-state index in [4.69, 9.17) is 4.74 Å². The number of ether oxygens (including phenoxy) is 1. The summed E-state index contributed by atoms with van der Waals surface area (Å²) in [6.07, 6.45) is 5.47. The summed E-state index contributed by atoms with van der Waals surface area (Å²) in [7, 11) is 2.22. The largest absolute Gasteiger partial charge is 0.380 e. The van der Waals surface area contributed by atoms with Gasteiger partial charge in [-0.05, 0) is 57.7 Å².